The monoisotopic (exact) mass is 244 g/mol. The number of carbonyl (C=O) groups is 1. The van der Waals surface area contributed by atoms with Gasteiger partial charge < -0.3 is 10.6 Å². The van der Waals surface area contributed by atoms with E-state index in [1.54, 1.807) is 11.8 Å². The van der Waals surface area contributed by atoms with E-state index in [-0.39, 0.29) is 17.2 Å². The molecule has 1 aliphatic rings. The van der Waals surface area contributed by atoms with E-state index in [1.165, 1.54) is 12.8 Å². The van der Waals surface area contributed by atoms with Crippen molar-refractivity contribution >= 4 is 17.7 Å². The number of likely N-dealkylation sites (tertiary alicyclic amines) is 1. The molecule has 1 amide bonds. The van der Waals surface area contributed by atoms with Crippen molar-refractivity contribution in [2.75, 3.05) is 18.8 Å². The summed E-state index contributed by atoms with van der Waals surface area (Å²) in [5.41, 5.74) is 5.88. The number of thioether (sulfide) groups is 1. The summed E-state index contributed by atoms with van der Waals surface area (Å²) in [7, 11) is 0. The lowest BCUT2D eigenvalue weighted by atomic mass is 10.1. The lowest BCUT2D eigenvalue weighted by Crippen LogP contribution is -2.48. The van der Waals surface area contributed by atoms with E-state index in [4.69, 9.17) is 5.73 Å². The summed E-state index contributed by atoms with van der Waals surface area (Å²) in [5.74, 6) is 1.36. The van der Waals surface area contributed by atoms with Crippen LogP contribution in [0.15, 0.2) is 0 Å². The Bertz CT molecular complexity index is 223. The summed E-state index contributed by atoms with van der Waals surface area (Å²) in [6, 6.07) is 0.186. The van der Waals surface area contributed by atoms with Crippen molar-refractivity contribution < 1.29 is 4.79 Å². The number of hydrogen-bond donors (Lipinski definition) is 1. The molecule has 94 valence electrons. The first-order valence-corrected chi connectivity index (χ1v) is 7.36. The highest BCUT2D eigenvalue weighted by Crippen LogP contribution is 2.18. The van der Waals surface area contributed by atoms with Crippen LogP contribution >= 0.6 is 11.8 Å². The highest BCUT2D eigenvalue weighted by Gasteiger charge is 2.24. The molecule has 0 aromatic heterocycles. The summed E-state index contributed by atoms with van der Waals surface area (Å²) in [4.78, 5) is 14.0. The van der Waals surface area contributed by atoms with Gasteiger partial charge in [-0.2, -0.15) is 0 Å². The predicted molar refractivity (Wildman–Crippen MR) is 70.6 cm³/mol. The fourth-order valence-corrected chi connectivity index (χ4v) is 3.04. The average Bonchev–Trinajstić information content (AvgIpc) is 2.28. The highest BCUT2D eigenvalue weighted by molar-refractivity contribution is 8.00. The zero-order chi connectivity index (χ0) is 12.0. The van der Waals surface area contributed by atoms with Gasteiger partial charge in [0.2, 0.25) is 5.91 Å². The Morgan fingerprint density at radius 3 is 3.00 bits per heavy atom. The van der Waals surface area contributed by atoms with Crippen molar-refractivity contribution in [2.45, 2.75) is 50.8 Å². The summed E-state index contributed by atoms with van der Waals surface area (Å²) in [5, 5.41) is 0.0943. The second kappa shape index (κ2) is 7.17. The number of carbonyl (C=O) groups excluding carboxylic acids is 1. The second-order valence-electron chi connectivity index (χ2n) is 4.55. The number of amides is 1. The van der Waals surface area contributed by atoms with E-state index < -0.39 is 0 Å². The van der Waals surface area contributed by atoms with Crippen LogP contribution in [-0.2, 0) is 4.79 Å². The SMILES string of the molecule is CCCCSC(C)C(=O)N1CCCC(N)C1. The molecule has 0 saturated carbocycles. The minimum Gasteiger partial charge on any atom is -0.340 e. The van der Waals surface area contributed by atoms with Crippen molar-refractivity contribution in [1.29, 1.82) is 0 Å². The normalized spacial score (nSPS) is 23.2. The Morgan fingerprint density at radius 2 is 2.38 bits per heavy atom. The molecule has 2 unspecified atom stereocenters. The molecule has 0 spiro atoms. The molecule has 0 aromatic carbocycles. The van der Waals surface area contributed by atoms with Gasteiger partial charge in [0.1, 0.15) is 0 Å². The Hall–Kier alpha value is -0.220. The number of piperidine rings is 1. The Kier molecular flexibility index (Phi) is 6.21. The van der Waals surface area contributed by atoms with Crippen LogP contribution in [0.1, 0.15) is 39.5 Å². The first-order valence-electron chi connectivity index (χ1n) is 6.31. The first kappa shape index (κ1) is 13.8. The lowest BCUT2D eigenvalue weighted by Gasteiger charge is -2.32. The van der Waals surface area contributed by atoms with Gasteiger partial charge in [-0.3, -0.25) is 4.79 Å². The van der Waals surface area contributed by atoms with E-state index in [1.807, 2.05) is 11.8 Å². The first-order chi connectivity index (χ1) is 7.65. The van der Waals surface area contributed by atoms with Crippen molar-refractivity contribution in [1.82, 2.24) is 4.90 Å². The molecule has 4 heteroatoms. The maximum Gasteiger partial charge on any atom is 0.235 e. The van der Waals surface area contributed by atoms with E-state index in [2.05, 4.69) is 6.92 Å². The Morgan fingerprint density at radius 1 is 1.62 bits per heavy atom. The molecule has 16 heavy (non-hydrogen) atoms. The van der Waals surface area contributed by atoms with E-state index in [0.717, 1.165) is 31.7 Å². The summed E-state index contributed by atoms with van der Waals surface area (Å²) < 4.78 is 0. The molecular formula is C12H24N2OS. The number of unbranched alkanes of at least 4 members (excludes halogenated alkanes) is 1. The van der Waals surface area contributed by atoms with Crippen LogP contribution in [0.3, 0.4) is 0 Å². The number of rotatable bonds is 5. The maximum absolute atomic E-state index is 12.1. The largest absolute Gasteiger partial charge is 0.340 e. The van der Waals surface area contributed by atoms with Crippen LogP contribution in [-0.4, -0.2) is 40.9 Å². The molecular weight excluding hydrogens is 220 g/mol. The molecule has 1 saturated heterocycles. The van der Waals surface area contributed by atoms with Crippen LogP contribution in [0, 0.1) is 0 Å². The van der Waals surface area contributed by atoms with Crippen LogP contribution < -0.4 is 5.73 Å². The minimum atomic E-state index is 0.0943. The van der Waals surface area contributed by atoms with Crippen molar-refractivity contribution in [2.24, 2.45) is 5.73 Å². The minimum absolute atomic E-state index is 0.0943. The molecule has 0 radical (unpaired) electrons. The van der Waals surface area contributed by atoms with Crippen LogP contribution in [0.2, 0.25) is 0 Å². The van der Waals surface area contributed by atoms with Gasteiger partial charge >= 0.3 is 0 Å². The number of nitrogens with zero attached hydrogens (tertiary/aromatic N) is 1. The molecule has 1 aliphatic heterocycles. The highest BCUT2D eigenvalue weighted by atomic mass is 32.2. The molecule has 0 aromatic rings. The topological polar surface area (TPSA) is 46.3 Å². The van der Waals surface area contributed by atoms with Gasteiger partial charge in [0.25, 0.3) is 0 Å². The van der Waals surface area contributed by atoms with Gasteiger partial charge in [-0.15, -0.1) is 11.8 Å². The molecule has 1 rings (SSSR count). The van der Waals surface area contributed by atoms with Gasteiger partial charge in [0.15, 0.2) is 0 Å². The maximum atomic E-state index is 12.1. The second-order valence-corrected chi connectivity index (χ2v) is 6.00. The summed E-state index contributed by atoms with van der Waals surface area (Å²) in [6.45, 7) is 5.84. The van der Waals surface area contributed by atoms with Crippen LogP contribution in [0.4, 0.5) is 0 Å². The third kappa shape index (κ3) is 4.34. The van der Waals surface area contributed by atoms with Crippen LogP contribution in [0.25, 0.3) is 0 Å². The standard InChI is InChI=1S/C12H24N2OS/c1-3-4-8-16-10(2)12(15)14-7-5-6-11(13)9-14/h10-11H,3-9,13H2,1-2H3. The molecule has 1 fully saturated rings. The van der Waals surface area contributed by atoms with Gasteiger partial charge in [-0.25, -0.2) is 0 Å². The molecule has 2 N–H and O–H groups in total. The van der Waals surface area contributed by atoms with Crippen molar-refractivity contribution in [3.8, 4) is 0 Å². The fraction of sp³-hybridized carbons (Fsp3) is 0.917. The molecule has 2 atom stereocenters. The predicted octanol–water partition coefficient (Wildman–Crippen LogP) is 1.86. The Balaban J connectivity index is 2.31. The smallest absolute Gasteiger partial charge is 0.235 e. The fourth-order valence-electron chi connectivity index (χ4n) is 1.94. The number of nitrogens with two attached hydrogens (primary N) is 1. The average molecular weight is 244 g/mol. The van der Waals surface area contributed by atoms with E-state index in [0.29, 0.717) is 0 Å². The van der Waals surface area contributed by atoms with E-state index >= 15 is 0 Å². The molecule has 3 nitrogen and oxygen atoms in total. The van der Waals surface area contributed by atoms with Gasteiger partial charge in [-0.05, 0) is 31.9 Å². The van der Waals surface area contributed by atoms with E-state index in [9.17, 15) is 4.79 Å². The summed E-state index contributed by atoms with van der Waals surface area (Å²) in [6.07, 6.45) is 4.50. The van der Waals surface area contributed by atoms with Gasteiger partial charge in [-0.1, -0.05) is 13.3 Å². The van der Waals surface area contributed by atoms with Gasteiger partial charge in [0, 0.05) is 19.1 Å². The van der Waals surface area contributed by atoms with Crippen molar-refractivity contribution in [3.05, 3.63) is 0 Å². The lowest BCUT2D eigenvalue weighted by molar-refractivity contribution is -0.131. The third-order valence-electron chi connectivity index (χ3n) is 2.98. The molecule has 0 bridgehead atoms. The molecule has 0 aliphatic carbocycles. The third-order valence-corrected chi connectivity index (χ3v) is 4.21. The zero-order valence-corrected chi connectivity index (χ0v) is 11.3. The number of hydrogen-bond acceptors (Lipinski definition) is 3. The Labute approximate surface area is 103 Å². The quantitative estimate of drug-likeness (QED) is 0.751. The summed E-state index contributed by atoms with van der Waals surface area (Å²) >= 11 is 1.77. The van der Waals surface area contributed by atoms with Gasteiger partial charge in [0.05, 0.1) is 5.25 Å². The molecule has 1 heterocycles. The van der Waals surface area contributed by atoms with Crippen molar-refractivity contribution in [3.63, 3.8) is 0 Å². The zero-order valence-electron chi connectivity index (χ0n) is 10.4. The van der Waals surface area contributed by atoms with Crippen LogP contribution in [0.5, 0.6) is 0 Å².